The Morgan fingerprint density at radius 3 is 1.30 bits per heavy atom. The van der Waals surface area contributed by atoms with Gasteiger partial charge in [0.05, 0.1) is 0 Å². The van der Waals surface area contributed by atoms with Gasteiger partial charge in [0, 0.05) is 16.8 Å². The molecule has 0 fully saturated rings. The Kier molecular flexibility index (Phi) is 5.41. The molecule has 0 unspecified atom stereocenters. The second-order valence-corrected chi connectivity index (χ2v) is 14.3. The fourth-order valence-electron chi connectivity index (χ4n) is 7.20. The second kappa shape index (κ2) is 9.05. The number of unbranched alkanes of at least 4 members (excludes halogenated alkanes) is 3. The first-order valence-corrected chi connectivity index (χ1v) is 16.5. The summed E-state index contributed by atoms with van der Waals surface area (Å²) in [6, 6.07) is 39.6. The van der Waals surface area contributed by atoms with Crippen LogP contribution in [0.4, 0.5) is 0 Å². The van der Waals surface area contributed by atoms with Crippen LogP contribution in [0.2, 0.25) is 0 Å². The molecule has 0 spiro atoms. The van der Waals surface area contributed by atoms with Crippen LogP contribution in [0.25, 0.3) is 64.6 Å². The van der Waals surface area contributed by atoms with Crippen molar-refractivity contribution in [1.82, 2.24) is 0 Å². The standard InChI is InChI=1S/C38H31OP/c1-2-3-4-5-24-40(39,33-22-18-29-14-12-25-8-6-10-27-16-20-31(33)37(29)35(25)27)34-23-19-30-15-13-26-9-7-11-28-17-21-32(34)38(30)36(26)28/h6-23H,2-5,24H2,1H3. The van der Waals surface area contributed by atoms with E-state index in [2.05, 4.69) is 116 Å². The van der Waals surface area contributed by atoms with Crippen molar-refractivity contribution >= 4 is 82.4 Å². The summed E-state index contributed by atoms with van der Waals surface area (Å²) in [6.07, 6.45) is 5.12. The summed E-state index contributed by atoms with van der Waals surface area (Å²) < 4.78 is 15.9. The molecule has 2 heteroatoms. The van der Waals surface area contributed by atoms with E-state index in [1.54, 1.807) is 0 Å². The molecule has 0 bridgehead atoms. The quantitative estimate of drug-likeness (QED) is 0.113. The molecule has 1 nitrogen and oxygen atoms in total. The number of hydrogen-bond acceptors (Lipinski definition) is 1. The molecule has 0 aliphatic heterocycles. The van der Waals surface area contributed by atoms with Gasteiger partial charge >= 0.3 is 0 Å². The lowest BCUT2D eigenvalue weighted by Gasteiger charge is -2.25. The normalized spacial score (nSPS) is 12.7. The summed E-state index contributed by atoms with van der Waals surface area (Å²) in [5.41, 5.74) is 0. The van der Waals surface area contributed by atoms with Crippen molar-refractivity contribution in [2.45, 2.75) is 32.6 Å². The van der Waals surface area contributed by atoms with Crippen molar-refractivity contribution in [1.29, 1.82) is 0 Å². The molecule has 194 valence electrons. The van der Waals surface area contributed by atoms with E-state index >= 15 is 4.57 Å². The number of benzene rings is 8. The van der Waals surface area contributed by atoms with E-state index in [0.717, 1.165) is 34.2 Å². The van der Waals surface area contributed by atoms with Gasteiger partial charge in [0.1, 0.15) is 7.14 Å². The first kappa shape index (κ1) is 23.9. The Bertz CT molecular complexity index is 2060. The van der Waals surface area contributed by atoms with E-state index in [0.29, 0.717) is 6.16 Å². The molecule has 0 radical (unpaired) electrons. The minimum atomic E-state index is -2.98. The molecule has 0 saturated carbocycles. The van der Waals surface area contributed by atoms with Gasteiger partial charge in [-0.1, -0.05) is 123 Å². The topological polar surface area (TPSA) is 17.1 Å². The van der Waals surface area contributed by atoms with Crippen LogP contribution in [0.5, 0.6) is 0 Å². The van der Waals surface area contributed by atoms with Gasteiger partial charge in [-0.05, 0) is 83.2 Å². The van der Waals surface area contributed by atoms with Crippen LogP contribution in [0.3, 0.4) is 0 Å². The van der Waals surface area contributed by atoms with Gasteiger partial charge in [-0.15, -0.1) is 0 Å². The van der Waals surface area contributed by atoms with Gasteiger partial charge in [-0.3, -0.25) is 0 Å². The summed E-state index contributed by atoms with van der Waals surface area (Å²) in [4.78, 5) is 0. The highest BCUT2D eigenvalue weighted by Gasteiger charge is 2.32. The Balaban J connectivity index is 1.45. The predicted molar refractivity (Wildman–Crippen MR) is 176 cm³/mol. The van der Waals surface area contributed by atoms with E-state index < -0.39 is 7.14 Å². The Morgan fingerprint density at radius 2 is 0.850 bits per heavy atom. The molecular formula is C38H31OP. The Labute approximate surface area is 234 Å². The predicted octanol–water partition coefficient (Wildman–Crippen LogP) is 10.4. The second-order valence-electron chi connectivity index (χ2n) is 11.4. The number of rotatable bonds is 7. The summed E-state index contributed by atoms with van der Waals surface area (Å²) >= 11 is 0. The first-order valence-electron chi connectivity index (χ1n) is 14.6. The minimum Gasteiger partial charge on any atom is -0.314 e. The summed E-state index contributed by atoms with van der Waals surface area (Å²) in [7, 11) is -2.98. The molecule has 8 aromatic rings. The molecule has 0 aliphatic carbocycles. The highest BCUT2D eigenvalue weighted by molar-refractivity contribution is 7.79. The summed E-state index contributed by atoms with van der Waals surface area (Å²) in [5.74, 6) is 0. The fourth-order valence-corrected chi connectivity index (χ4v) is 10.4. The van der Waals surface area contributed by atoms with E-state index in [1.165, 1.54) is 66.7 Å². The fraction of sp³-hybridized carbons (Fsp3) is 0.158. The molecule has 8 rings (SSSR count). The largest absolute Gasteiger partial charge is 0.314 e. The highest BCUT2D eigenvalue weighted by atomic mass is 31.2. The van der Waals surface area contributed by atoms with Gasteiger partial charge in [0.15, 0.2) is 0 Å². The molecule has 0 atom stereocenters. The Morgan fingerprint density at radius 1 is 0.450 bits per heavy atom. The third-order valence-corrected chi connectivity index (χ3v) is 12.4. The maximum absolute atomic E-state index is 15.9. The van der Waals surface area contributed by atoms with Gasteiger partial charge in [-0.25, -0.2) is 0 Å². The molecule has 0 aromatic heterocycles. The zero-order valence-corrected chi connectivity index (χ0v) is 23.7. The van der Waals surface area contributed by atoms with Crippen LogP contribution >= 0.6 is 7.14 Å². The SMILES string of the molecule is CCCCCCP(=O)(c1ccc2ccc3cccc4ccc1c2c34)c1ccc2ccc3cccc4ccc1c2c34. The molecule has 8 aromatic carbocycles. The molecule has 40 heavy (non-hydrogen) atoms. The summed E-state index contributed by atoms with van der Waals surface area (Å²) in [5, 5.41) is 16.8. The number of hydrogen-bond donors (Lipinski definition) is 0. The van der Waals surface area contributed by atoms with E-state index in [1.807, 2.05) is 0 Å². The van der Waals surface area contributed by atoms with Crippen molar-refractivity contribution in [3.63, 3.8) is 0 Å². The van der Waals surface area contributed by atoms with Gasteiger partial charge < -0.3 is 4.57 Å². The van der Waals surface area contributed by atoms with E-state index in [4.69, 9.17) is 0 Å². The zero-order chi connectivity index (χ0) is 26.8. The lowest BCUT2D eigenvalue weighted by Crippen LogP contribution is -2.21. The summed E-state index contributed by atoms with van der Waals surface area (Å²) in [6.45, 7) is 2.24. The Hall–Kier alpha value is -3.93. The molecule has 0 amide bonds. The molecule has 0 heterocycles. The van der Waals surface area contributed by atoms with Crippen LogP contribution in [0, 0.1) is 0 Å². The minimum absolute atomic E-state index is 0.695. The molecule has 0 aliphatic rings. The van der Waals surface area contributed by atoms with E-state index in [9.17, 15) is 0 Å². The lowest BCUT2D eigenvalue weighted by molar-refractivity contribution is 0.583. The van der Waals surface area contributed by atoms with Gasteiger partial charge in [-0.2, -0.15) is 0 Å². The third kappa shape index (κ3) is 3.38. The molecule has 0 N–H and O–H groups in total. The van der Waals surface area contributed by atoms with Crippen LogP contribution in [0.15, 0.2) is 109 Å². The smallest absolute Gasteiger partial charge is 0.144 e. The maximum Gasteiger partial charge on any atom is 0.144 e. The zero-order valence-electron chi connectivity index (χ0n) is 22.8. The van der Waals surface area contributed by atoms with Crippen molar-refractivity contribution in [2.75, 3.05) is 6.16 Å². The van der Waals surface area contributed by atoms with E-state index in [-0.39, 0.29) is 0 Å². The van der Waals surface area contributed by atoms with Gasteiger partial charge in [0.2, 0.25) is 0 Å². The molecular weight excluding hydrogens is 503 g/mol. The van der Waals surface area contributed by atoms with Crippen LogP contribution in [-0.2, 0) is 4.57 Å². The van der Waals surface area contributed by atoms with Crippen LogP contribution in [-0.4, -0.2) is 6.16 Å². The highest BCUT2D eigenvalue weighted by Crippen LogP contribution is 2.50. The average molecular weight is 535 g/mol. The average Bonchev–Trinajstić information content (AvgIpc) is 3.00. The van der Waals surface area contributed by atoms with Crippen molar-refractivity contribution in [3.05, 3.63) is 109 Å². The first-order chi connectivity index (χ1) is 19.7. The van der Waals surface area contributed by atoms with Crippen LogP contribution < -0.4 is 10.6 Å². The van der Waals surface area contributed by atoms with Crippen molar-refractivity contribution in [2.24, 2.45) is 0 Å². The third-order valence-electron chi connectivity index (χ3n) is 9.12. The molecule has 0 saturated heterocycles. The monoisotopic (exact) mass is 534 g/mol. The lowest BCUT2D eigenvalue weighted by atomic mass is 9.94. The van der Waals surface area contributed by atoms with Crippen LogP contribution in [0.1, 0.15) is 32.6 Å². The van der Waals surface area contributed by atoms with Crippen molar-refractivity contribution < 1.29 is 4.57 Å². The van der Waals surface area contributed by atoms with Gasteiger partial charge in [0.25, 0.3) is 0 Å². The van der Waals surface area contributed by atoms with Crippen molar-refractivity contribution in [3.8, 4) is 0 Å². The maximum atomic E-state index is 15.9.